The second-order valence-electron chi connectivity index (χ2n) is 7.52. The zero-order chi connectivity index (χ0) is 22.8. The summed E-state index contributed by atoms with van der Waals surface area (Å²) >= 11 is 0. The van der Waals surface area contributed by atoms with Crippen LogP contribution in [0.4, 0.5) is 4.39 Å². The molecule has 2 aromatic rings. The number of nitrogens with zero attached hydrogens (tertiary/aromatic N) is 2. The van der Waals surface area contributed by atoms with Crippen LogP contribution in [0.2, 0.25) is 0 Å². The zero-order valence-electron chi connectivity index (χ0n) is 16.8. The van der Waals surface area contributed by atoms with E-state index in [9.17, 15) is 28.7 Å². The molecule has 2 heterocycles. The second kappa shape index (κ2) is 8.66. The SMILES string of the molecule is O=C(COc1ccccc1)N[C@@H]1C(=O)N2C1CN(C(=O)Cc1ccc(F)cc1)C2C(=O)O. The third-order valence-electron chi connectivity index (χ3n) is 5.44. The number of benzene rings is 2. The maximum absolute atomic E-state index is 13.1. The monoisotopic (exact) mass is 441 g/mol. The van der Waals surface area contributed by atoms with Gasteiger partial charge in [0.25, 0.3) is 5.91 Å². The number of rotatable bonds is 7. The average Bonchev–Trinajstić information content (AvgIpc) is 3.15. The van der Waals surface area contributed by atoms with Crippen LogP contribution in [0.3, 0.4) is 0 Å². The summed E-state index contributed by atoms with van der Waals surface area (Å²) in [6.07, 6.45) is -1.59. The number of fused-ring (bicyclic) bond motifs is 1. The van der Waals surface area contributed by atoms with Gasteiger partial charge in [0, 0.05) is 6.54 Å². The standard InChI is InChI=1S/C22H20FN3O6/c23-14-8-6-13(7-9-14)10-18(28)25-11-16-19(21(29)26(16)20(25)22(30)31)24-17(27)12-32-15-4-2-1-3-5-15/h1-9,16,19-20H,10-12H2,(H,24,27)(H,30,31)/t16?,19-,20?/m0/s1. The molecule has 0 radical (unpaired) electrons. The van der Waals surface area contributed by atoms with Crippen LogP contribution in [0, 0.1) is 5.82 Å². The molecule has 9 nitrogen and oxygen atoms in total. The number of carbonyl (C=O) groups excluding carboxylic acids is 3. The fourth-order valence-electron chi connectivity index (χ4n) is 3.92. The maximum atomic E-state index is 13.1. The van der Waals surface area contributed by atoms with E-state index in [0.29, 0.717) is 11.3 Å². The van der Waals surface area contributed by atoms with Crippen molar-refractivity contribution in [1.82, 2.24) is 15.1 Å². The van der Waals surface area contributed by atoms with Crippen molar-refractivity contribution in [2.75, 3.05) is 13.2 Å². The van der Waals surface area contributed by atoms with Crippen molar-refractivity contribution in [1.29, 1.82) is 0 Å². The maximum Gasteiger partial charge on any atom is 0.347 e. The summed E-state index contributed by atoms with van der Waals surface area (Å²) in [7, 11) is 0. The molecule has 2 aliphatic rings. The Morgan fingerprint density at radius 2 is 1.78 bits per heavy atom. The number of carboxylic acid groups (broad SMARTS) is 1. The van der Waals surface area contributed by atoms with Gasteiger partial charge in [-0.25, -0.2) is 9.18 Å². The van der Waals surface area contributed by atoms with Crippen LogP contribution < -0.4 is 10.1 Å². The van der Waals surface area contributed by atoms with Crippen molar-refractivity contribution in [3.05, 3.63) is 66.0 Å². The van der Waals surface area contributed by atoms with Crippen LogP contribution in [-0.2, 0) is 25.6 Å². The van der Waals surface area contributed by atoms with E-state index in [0.717, 1.165) is 9.80 Å². The van der Waals surface area contributed by atoms with Crippen LogP contribution in [0.15, 0.2) is 54.6 Å². The molecule has 0 spiro atoms. The molecule has 2 N–H and O–H groups in total. The van der Waals surface area contributed by atoms with Crippen molar-refractivity contribution >= 4 is 23.7 Å². The van der Waals surface area contributed by atoms with Crippen molar-refractivity contribution in [3.63, 3.8) is 0 Å². The fourth-order valence-corrected chi connectivity index (χ4v) is 3.92. The third kappa shape index (κ3) is 4.11. The minimum absolute atomic E-state index is 0.0345. The van der Waals surface area contributed by atoms with E-state index in [4.69, 9.17) is 4.74 Å². The molecule has 32 heavy (non-hydrogen) atoms. The molecule has 0 saturated carbocycles. The molecule has 166 valence electrons. The first-order valence-electron chi connectivity index (χ1n) is 9.91. The molecule has 2 aromatic carbocycles. The number of amides is 3. The molecule has 0 aromatic heterocycles. The number of para-hydroxylation sites is 1. The van der Waals surface area contributed by atoms with Gasteiger partial charge in [-0.15, -0.1) is 0 Å². The quantitative estimate of drug-likeness (QED) is 0.601. The number of β-lactam (4-membered cyclic amide) rings is 1. The Kier molecular flexibility index (Phi) is 5.76. The Balaban J connectivity index is 1.39. The van der Waals surface area contributed by atoms with Crippen LogP contribution in [-0.4, -0.2) is 70.0 Å². The van der Waals surface area contributed by atoms with Crippen molar-refractivity contribution < 1.29 is 33.4 Å². The number of halogens is 1. The lowest BCUT2D eigenvalue weighted by Gasteiger charge is -2.43. The van der Waals surface area contributed by atoms with E-state index < -0.39 is 47.8 Å². The summed E-state index contributed by atoms with van der Waals surface area (Å²) in [5.74, 6) is -2.92. The van der Waals surface area contributed by atoms with Crippen molar-refractivity contribution in [3.8, 4) is 5.75 Å². The Hall–Kier alpha value is -3.95. The number of carbonyl (C=O) groups is 4. The highest BCUT2D eigenvalue weighted by atomic mass is 19.1. The predicted octanol–water partition coefficient (Wildman–Crippen LogP) is 0.396. The van der Waals surface area contributed by atoms with Crippen LogP contribution in [0.25, 0.3) is 0 Å². The average molecular weight is 441 g/mol. The first kappa shape index (κ1) is 21.3. The zero-order valence-corrected chi connectivity index (χ0v) is 16.8. The van der Waals surface area contributed by atoms with Gasteiger partial charge in [0.05, 0.1) is 12.5 Å². The number of aliphatic carboxylic acids is 1. The first-order chi connectivity index (χ1) is 15.3. The molecule has 2 aliphatic heterocycles. The summed E-state index contributed by atoms with van der Waals surface area (Å²) in [4.78, 5) is 51.5. The Bertz CT molecular complexity index is 1050. The molecule has 2 unspecified atom stereocenters. The largest absolute Gasteiger partial charge is 0.484 e. The van der Waals surface area contributed by atoms with Gasteiger partial charge >= 0.3 is 5.97 Å². The number of carboxylic acids is 1. The fraction of sp³-hybridized carbons (Fsp3) is 0.273. The molecule has 3 atom stereocenters. The smallest absolute Gasteiger partial charge is 0.347 e. The summed E-state index contributed by atoms with van der Waals surface area (Å²) < 4.78 is 18.4. The van der Waals surface area contributed by atoms with Crippen LogP contribution in [0.1, 0.15) is 5.56 Å². The van der Waals surface area contributed by atoms with Crippen molar-refractivity contribution in [2.24, 2.45) is 0 Å². The Morgan fingerprint density at radius 1 is 1.09 bits per heavy atom. The van der Waals surface area contributed by atoms with Crippen LogP contribution in [0.5, 0.6) is 5.75 Å². The van der Waals surface area contributed by atoms with Gasteiger partial charge in [-0.3, -0.25) is 14.4 Å². The lowest BCUT2D eigenvalue weighted by Crippen LogP contribution is -2.71. The third-order valence-corrected chi connectivity index (χ3v) is 5.44. The van der Waals surface area contributed by atoms with E-state index >= 15 is 0 Å². The Labute approximate surface area is 182 Å². The molecule has 0 aliphatic carbocycles. The summed E-state index contributed by atoms with van der Waals surface area (Å²) in [5.41, 5.74) is 0.518. The topological polar surface area (TPSA) is 116 Å². The molecular formula is C22H20FN3O6. The number of nitrogens with one attached hydrogen (secondary N) is 1. The van der Waals surface area contributed by atoms with E-state index in [1.54, 1.807) is 30.3 Å². The lowest BCUT2D eigenvalue weighted by molar-refractivity contribution is -0.166. The summed E-state index contributed by atoms with van der Waals surface area (Å²) in [6.45, 7) is -0.344. The van der Waals surface area contributed by atoms with Gasteiger partial charge < -0.3 is 25.0 Å². The predicted molar refractivity (Wildman–Crippen MR) is 108 cm³/mol. The molecule has 4 rings (SSSR count). The van der Waals surface area contributed by atoms with E-state index in [-0.39, 0.29) is 19.6 Å². The molecule has 3 amide bonds. The van der Waals surface area contributed by atoms with Crippen molar-refractivity contribution in [2.45, 2.75) is 24.7 Å². The van der Waals surface area contributed by atoms with Gasteiger partial charge in [-0.2, -0.15) is 0 Å². The highest BCUT2D eigenvalue weighted by molar-refractivity contribution is 5.99. The highest BCUT2D eigenvalue weighted by Gasteiger charge is 2.60. The number of hydrogen-bond donors (Lipinski definition) is 2. The number of hydrogen-bond acceptors (Lipinski definition) is 5. The van der Waals surface area contributed by atoms with E-state index in [1.807, 2.05) is 0 Å². The molecular weight excluding hydrogens is 421 g/mol. The number of ether oxygens (including phenoxy) is 1. The van der Waals surface area contributed by atoms with Gasteiger partial charge in [-0.05, 0) is 29.8 Å². The summed E-state index contributed by atoms with van der Waals surface area (Å²) in [5, 5.41) is 12.2. The molecule has 10 heteroatoms. The molecule has 0 bridgehead atoms. The van der Waals surface area contributed by atoms with Gasteiger partial charge in [0.2, 0.25) is 18.0 Å². The van der Waals surface area contributed by atoms with Gasteiger partial charge in [-0.1, -0.05) is 30.3 Å². The Morgan fingerprint density at radius 3 is 2.44 bits per heavy atom. The lowest BCUT2D eigenvalue weighted by atomic mass is 9.96. The van der Waals surface area contributed by atoms with Gasteiger partial charge in [0.1, 0.15) is 17.6 Å². The highest BCUT2D eigenvalue weighted by Crippen LogP contribution is 2.33. The van der Waals surface area contributed by atoms with E-state index in [2.05, 4.69) is 5.32 Å². The molecule has 2 fully saturated rings. The van der Waals surface area contributed by atoms with Crippen LogP contribution >= 0.6 is 0 Å². The first-order valence-corrected chi connectivity index (χ1v) is 9.91. The molecule has 2 saturated heterocycles. The van der Waals surface area contributed by atoms with Gasteiger partial charge in [0.15, 0.2) is 6.61 Å². The van der Waals surface area contributed by atoms with E-state index in [1.165, 1.54) is 24.3 Å². The summed E-state index contributed by atoms with van der Waals surface area (Å²) in [6, 6.07) is 12.4. The minimum Gasteiger partial charge on any atom is -0.484 e. The minimum atomic E-state index is -1.45. The second-order valence-corrected chi connectivity index (χ2v) is 7.52. The normalized spacial score (nSPS) is 21.5.